The van der Waals surface area contributed by atoms with Gasteiger partial charge >= 0.3 is 0 Å². The Hall–Kier alpha value is -1.18. The van der Waals surface area contributed by atoms with Crippen LogP contribution >= 0.6 is 24.2 Å². The van der Waals surface area contributed by atoms with Crippen LogP contribution in [0.25, 0.3) is 0 Å². The number of hydrogen-bond acceptors (Lipinski definition) is 5. The van der Waals surface area contributed by atoms with Gasteiger partial charge in [0.15, 0.2) is 17.5 Å². The topological polar surface area (TPSA) is 64.9 Å². The molecule has 3 rings (SSSR count). The molecule has 0 bridgehead atoms. The fourth-order valence-electron chi connectivity index (χ4n) is 2.01. The van der Waals surface area contributed by atoms with Crippen molar-refractivity contribution in [2.75, 3.05) is 0 Å². The van der Waals surface area contributed by atoms with Gasteiger partial charge in [0.2, 0.25) is 5.89 Å². The van der Waals surface area contributed by atoms with E-state index in [9.17, 15) is 8.78 Å². The Bertz CT molecular complexity index is 634. The molecule has 0 aliphatic heterocycles. The summed E-state index contributed by atoms with van der Waals surface area (Å²) in [7, 11) is 0. The Morgan fingerprint density at radius 1 is 1.29 bits per heavy atom. The second kappa shape index (κ2) is 6.29. The van der Waals surface area contributed by atoms with Crippen molar-refractivity contribution in [3.05, 3.63) is 41.5 Å². The Kier molecular flexibility index (Phi) is 4.85. The van der Waals surface area contributed by atoms with Crippen LogP contribution in [-0.4, -0.2) is 10.1 Å². The van der Waals surface area contributed by atoms with Crippen LogP contribution in [0, 0.1) is 11.6 Å². The number of thioether (sulfide) groups is 1. The summed E-state index contributed by atoms with van der Waals surface area (Å²) in [5.74, 6) is -0.356. The molecule has 0 atom stereocenters. The van der Waals surface area contributed by atoms with Gasteiger partial charge in [0.25, 0.3) is 0 Å². The average Bonchev–Trinajstić information content (AvgIpc) is 2.86. The van der Waals surface area contributed by atoms with Gasteiger partial charge in [-0.25, -0.2) is 8.78 Å². The van der Waals surface area contributed by atoms with Crippen molar-refractivity contribution in [3.8, 4) is 0 Å². The molecule has 1 aliphatic rings. The first-order chi connectivity index (χ1) is 9.57. The van der Waals surface area contributed by atoms with Gasteiger partial charge in [0.05, 0.1) is 11.3 Å². The molecule has 2 aromatic rings. The van der Waals surface area contributed by atoms with E-state index in [2.05, 4.69) is 10.1 Å². The molecule has 1 fully saturated rings. The molecule has 0 spiro atoms. The molecule has 1 aromatic heterocycles. The maximum atomic E-state index is 13.1. The molecule has 2 N–H and O–H groups in total. The number of benzene rings is 1. The maximum absolute atomic E-state index is 13.1. The lowest BCUT2D eigenvalue weighted by molar-refractivity contribution is 0.229. The van der Waals surface area contributed by atoms with Crippen molar-refractivity contribution < 1.29 is 13.3 Å². The lowest BCUT2D eigenvalue weighted by Gasteiger charge is -2.34. The summed E-state index contributed by atoms with van der Waals surface area (Å²) in [4.78, 5) is 4.87. The molecule has 1 heterocycles. The van der Waals surface area contributed by atoms with E-state index in [1.807, 2.05) is 0 Å². The number of nitrogens with zero attached hydrogens (tertiary/aromatic N) is 2. The van der Waals surface area contributed by atoms with Crippen molar-refractivity contribution in [1.29, 1.82) is 0 Å². The zero-order chi connectivity index (χ0) is 14.2. The minimum Gasteiger partial charge on any atom is -0.338 e. The van der Waals surface area contributed by atoms with Gasteiger partial charge < -0.3 is 10.3 Å². The van der Waals surface area contributed by atoms with E-state index in [4.69, 9.17) is 10.3 Å². The molecule has 0 radical (unpaired) electrons. The van der Waals surface area contributed by atoms with E-state index < -0.39 is 17.2 Å². The average molecular weight is 334 g/mol. The predicted octanol–water partition coefficient (Wildman–Crippen LogP) is 3.40. The molecule has 1 saturated carbocycles. The fraction of sp³-hybridized carbons (Fsp3) is 0.385. The van der Waals surface area contributed by atoms with Gasteiger partial charge in [-0.3, -0.25) is 0 Å². The summed E-state index contributed by atoms with van der Waals surface area (Å²) >= 11 is 1.30. The number of rotatable bonds is 4. The summed E-state index contributed by atoms with van der Waals surface area (Å²) in [5.41, 5.74) is 5.65. The summed E-state index contributed by atoms with van der Waals surface area (Å²) < 4.78 is 31.0. The van der Waals surface area contributed by atoms with Crippen molar-refractivity contribution in [3.63, 3.8) is 0 Å². The molecule has 8 heteroatoms. The number of hydrogen-bond donors (Lipinski definition) is 1. The third-order valence-corrected chi connectivity index (χ3v) is 4.39. The van der Waals surface area contributed by atoms with Crippen LogP contribution in [0.3, 0.4) is 0 Å². The first-order valence-electron chi connectivity index (χ1n) is 6.27. The number of aromatic nitrogens is 2. The van der Waals surface area contributed by atoms with E-state index in [0.29, 0.717) is 22.4 Å². The molecule has 1 aliphatic carbocycles. The summed E-state index contributed by atoms with van der Waals surface area (Å²) in [6.45, 7) is 0. The van der Waals surface area contributed by atoms with Crippen LogP contribution in [0.5, 0.6) is 0 Å². The number of nitrogens with two attached hydrogens (primary N) is 1. The van der Waals surface area contributed by atoms with Crippen molar-refractivity contribution >= 4 is 24.2 Å². The highest BCUT2D eigenvalue weighted by molar-refractivity contribution is 7.98. The number of halogens is 3. The molecular weight excluding hydrogens is 320 g/mol. The smallest absolute Gasteiger partial charge is 0.237 e. The minimum atomic E-state index is -0.864. The van der Waals surface area contributed by atoms with Crippen molar-refractivity contribution in [1.82, 2.24) is 10.1 Å². The zero-order valence-electron chi connectivity index (χ0n) is 11.0. The lowest BCUT2D eigenvalue weighted by Crippen LogP contribution is -2.44. The van der Waals surface area contributed by atoms with Gasteiger partial charge in [-0.2, -0.15) is 4.98 Å². The summed E-state index contributed by atoms with van der Waals surface area (Å²) in [5, 5.41) is 3.90. The van der Waals surface area contributed by atoms with Crippen LogP contribution in [0.2, 0.25) is 0 Å². The quantitative estimate of drug-likeness (QED) is 0.869. The highest BCUT2D eigenvalue weighted by Gasteiger charge is 2.38. The Morgan fingerprint density at radius 3 is 2.67 bits per heavy atom. The standard InChI is InChI=1S/C13H13F2N3OS.ClH/c14-9-3-2-8(6-10(9)15)20-7-11-17-12(18-19-11)13(16)4-1-5-13;/h2-3,6H,1,4-5,7,16H2;1H. The zero-order valence-corrected chi connectivity index (χ0v) is 12.6. The van der Waals surface area contributed by atoms with E-state index in [1.54, 1.807) is 0 Å². The third-order valence-electron chi connectivity index (χ3n) is 3.41. The highest BCUT2D eigenvalue weighted by atomic mass is 35.5. The molecule has 0 amide bonds. The van der Waals surface area contributed by atoms with Gasteiger partial charge in [0.1, 0.15) is 0 Å². The minimum absolute atomic E-state index is 0. The Morgan fingerprint density at radius 2 is 2.05 bits per heavy atom. The lowest BCUT2D eigenvalue weighted by atomic mass is 9.77. The van der Waals surface area contributed by atoms with Crippen LogP contribution < -0.4 is 5.73 Å². The van der Waals surface area contributed by atoms with E-state index in [1.165, 1.54) is 17.8 Å². The Labute approximate surface area is 130 Å². The molecular formula is C13H14ClF2N3OS. The third kappa shape index (κ3) is 3.36. The molecule has 1 aromatic carbocycles. The van der Waals surface area contributed by atoms with Gasteiger partial charge in [-0.05, 0) is 37.5 Å². The second-order valence-corrected chi connectivity index (χ2v) is 5.93. The van der Waals surface area contributed by atoms with E-state index in [-0.39, 0.29) is 12.4 Å². The fourth-order valence-corrected chi connectivity index (χ4v) is 2.77. The predicted molar refractivity (Wildman–Crippen MR) is 77.2 cm³/mol. The first kappa shape index (κ1) is 16.2. The molecule has 21 heavy (non-hydrogen) atoms. The highest BCUT2D eigenvalue weighted by Crippen LogP contribution is 2.37. The first-order valence-corrected chi connectivity index (χ1v) is 7.25. The van der Waals surface area contributed by atoms with Crippen molar-refractivity contribution in [2.45, 2.75) is 35.4 Å². The van der Waals surface area contributed by atoms with Crippen LogP contribution in [0.1, 0.15) is 31.0 Å². The van der Waals surface area contributed by atoms with E-state index in [0.717, 1.165) is 31.4 Å². The largest absolute Gasteiger partial charge is 0.338 e. The normalized spacial score (nSPS) is 16.1. The maximum Gasteiger partial charge on any atom is 0.237 e. The molecule has 0 unspecified atom stereocenters. The molecule has 4 nitrogen and oxygen atoms in total. The van der Waals surface area contributed by atoms with Gasteiger partial charge in [-0.1, -0.05) is 5.16 Å². The monoisotopic (exact) mass is 333 g/mol. The van der Waals surface area contributed by atoms with Crippen LogP contribution in [0.15, 0.2) is 27.6 Å². The Balaban J connectivity index is 0.00000161. The molecule has 114 valence electrons. The van der Waals surface area contributed by atoms with Gasteiger partial charge in [0, 0.05) is 4.90 Å². The van der Waals surface area contributed by atoms with E-state index >= 15 is 0 Å². The van der Waals surface area contributed by atoms with Crippen LogP contribution in [0.4, 0.5) is 8.78 Å². The van der Waals surface area contributed by atoms with Crippen LogP contribution in [-0.2, 0) is 11.3 Å². The summed E-state index contributed by atoms with van der Waals surface area (Å²) in [6.07, 6.45) is 2.80. The summed E-state index contributed by atoms with van der Waals surface area (Å²) in [6, 6.07) is 3.75. The SMILES string of the molecule is Cl.NC1(c2noc(CSc3ccc(F)c(F)c3)n2)CCC1. The second-order valence-electron chi connectivity index (χ2n) is 4.89. The molecule has 0 saturated heterocycles. The van der Waals surface area contributed by atoms with Crippen molar-refractivity contribution in [2.24, 2.45) is 5.73 Å². The van der Waals surface area contributed by atoms with Gasteiger partial charge in [-0.15, -0.1) is 24.2 Å².